The minimum Gasteiger partial charge on any atom is -0.302 e. The van der Waals surface area contributed by atoms with Gasteiger partial charge in [-0.3, -0.25) is 13.8 Å². The van der Waals surface area contributed by atoms with Gasteiger partial charge in [0.25, 0.3) is 0 Å². The minimum absolute atomic E-state index is 0.0258. The summed E-state index contributed by atoms with van der Waals surface area (Å²) in [6.45, 7) is 1.51. The van der Waals surface area contributed by atoms with Crippen LogP contribution in [0.25, 0.3) is 0 Å². The molecule has 1 aromatic rings. The molecule has 0 aromatic heterocycles. The van der Waals surface area contributed by atoms with Crippen molar-refractivity contribution >= 4 is 13.6 Å². The van der Waals surface area contributed by atoms with Crippen molar-refractivity contribution in [1.29, 1.82) is 0 Å². The van der Waals surface area contributed by atoms with Gasteiger partial charge in [-0.1, -0.05) is 31.2 Å². The van der Waals surface area contributed by atoms with Crippen molar-refractivity contribution in [3.8, 4) is 0 Å². The Hall–Kier alpha value is -1.35. The molecule has 0 bridgehead atoms. The predicted octanol–water partition coefficient (Wildman–Crippen LogP) is 4.15. The minimum atomic E-state index is -5.97. The number of carbonyl (C=O) groups excluding carboxylic acids is 1. The first-order chi connectivity index (χ1) is 11.4. The molecular formula is C14H16F5O5P. The monoisotopic (exact) mass is 390 g/mol. The normalized spacial score (nSPS) is 15.0. The van der Waals surface area contributed by atoms with Gasteiger partial charge >= 0.3 is 19.9 Å². The van der Waals surface area contributed by atoms with Crippen LogP contribution in [0.3, 0.4) is 0 Å². The molecule has 0 saturated carbocycles. The molecule has 1 rings (SSSR count). The molecule has 1 atom stereocenters. The van der Waals surface area contributed by atoms with Crippen LogP contribution in [0.5, 0.6) is 0 Å². The van der Waals surface area contributed by atoms with Crippen LogP contribution in [0.15, 0.2) is 24.3 Å². The van der Waals surface area contributed by atoms with Crippen LogP contribution in [0.4, 0.5) is 22.0 Å². The van der Waals surface area contributed by atoms with E-state index in [1.54, 1.807) is 6.92 Å². The van der Waals surface area contributed by atoms with E-state index in [1.807, 2.05) is 0 Å². The lowest BCUT2D eigenvalue weighted by molar-refractivity contribution is -0.255. The number of ketones is 1. The van der Waals surface area contributed by atoms with Crippen LogP contribution in [-0.2, 0) is 20.0 Å². The number of carbonyl (C=O) groups is 1. The Morgan fingerprint density at radius 3 is 2.08 bits per heavy atom. The summed E-state index contributed by atoms with van der Waals surface area (Å²) in [5.74, 6) is -7.83. The fourth-order valence-electron chi connectivity index (χ4n) is 1.66. The maximum absolute atomic E-state index is 13.0. The Kier molecular flexibility index (Phi) is 7.25. The number of Topliss-reactive ketones (excluding diaryl/α,β-unsaturated/α-hetero) is 1. The van der Waals surface area contributed by atoms with E-state index in [4.69, 9.17) is 0 Å². The van der Waals surface area contributed by atoms with Gasteiger partial charge < -0.3 is 4.89 Å². The maximum atomic E-state index is 13.0. The van der Waals surface area contributed by atoms with Gasteiger partial charge in [0.2, 0.25) is 5.78 Å². The molecule has 0 heterocycles. The molecule has 1 aromatic carbocycles. The quantitative estimate of drug-likeness (QED) is 0.390. The topological polar surface area (TPSA) is 72.8 Å². The number of halogens is 5. The molecule has 0 spiro atoms. The van der Waals surface area contributed by atoms with Gasteiger partial charge in [-0.2, -0.15) is 22.0 Å². The number of phosphoric acid groups is 1. The molecule has 0 radical (unpaired) electrons. The van der Waals surface area contributed by atoms with E-state index in [9.17, 15) is 36.2 Å². The first kappa shape index (κ1) is 21.7. The van der Waals surface area contributed by atoms with Gasteiger partial charge in [-0.05, 0) is 18.4 Å². The molecule has 0 saturated heterocycles. The average Bonchev–Trinajstić information content (AvgIpc) is 2.51. The zero-order chi connectivity index (χ0) is 19.3. The first-order valence-corrected chi connectivity index (χ1v) is 8.60. The zero-order valence-electron chi connectivity index (χ0n) is 13.1. The molecule has 0 aliphatic carbocycles. The molecule has 25 heavy (non-hydrogen) atoms. The van der Waals surface area contributed by atoms with E-state index in [-0.39, 0.29) is 19.6 Å². The molecule has 11 heteroatoms. The zero-order valence-corrected chi connectivity index (χ0v) is 13.9. The largest absolute Gasteiger partial charge is 0.472 e. The molecule has 1 N–H and O–H groups in total. The summed E-state index contributed by atoms with van der Waals surface area (Å²) in [5.41, 5.74) is -0.395. The maximum Gasteiger partial charge on any atom is 0.472 e. The van der Waals surface area contributed by atoms with E-state index in [0.717, 1.165) is 24.3 Å². The molecule has 1 unspecified atom stereocenters. The Balaban J connectivity index is 2.66. The third-order valence-corrected chi connectivity index (χ3v) is 3.98. The Morgan fingerprint density at radius 2 is 1.60 bits per heavy atom. The molecule has 0 aliphatic heterocycles. The molecule has 0 fully saturated rings. The van der Waals surface area contributed by atoms with Gasteiger partial charge in [0.15, 0.2) is 0 Å². The van der Waals surface area contributed by atoms with Crippen molar-refractivity contribution < 1.29 is 45.3 Å². The van der Waals surface area contributed by atoms with Crippen molar-refractivity contribution in [3.05, 3.63) is 35.4 Å². The van der Waals surface area contributed by atoms with Crippen LogP contribution in [0, 0.1) is 0 Å². The molecular weight excluding hydrogens is 374 g/mol. The van der Waals surface area contributed by atoms with Crippen LogP contribution in [0.1, 0.15) is 29.3 Å². The molecule has 0 aliphatic rings. The number of rotatable bonds is 9. The lowest BCUT2D eigenvalue weighted by Crippen LogP contribution is -2.44. The smallest absolute Gasteiger partial charge is 0.302 e. The van der Waals surface area contributed by atoms with Gasteiger partial charge in [0.1, 0.15) is 0 Å². The lowest BCUT2D eigenvalue weighted by Gasteiger charge is -2.18. The average molecular weight is 390 g/mol. The summed E-state index contributed by atoms with van der Waals surface area (Å²) >= 11 is 0. The van der Waals surface area contributed by atoms with E-state index < -0.39 is 31.3 Å². The highest BCUT2D eigenvalue weighted by Gasteiger charge is 2.63. The fourth-order valence-corrected chi connectivity index (χ4v) is 2.47. The number of hydrogen-bond acceptors (Lipinski definition) is 4. The second-order valence-corrected chi connectivity index (χ2v) is 6.44. The van der Waals surface area contributed by atoms with E-state index in [0.29, 0.717) is 12.0 Å². The summed E-state index contributed by atoms with van der Waals surface area (Å²) in [7, 11) is -4.19. The van der Waals surface area contributed by atoms with E-state index >= 15 is 0 Å². The predicted molar refractivity (Wildman–Crippen MR) is 77.5 cm³/mol. The van der Waals surface area contributed by atoms with Gasteiger partial charge in [0.05, 0.1) is 13.2 Å². The number of phosphoric ester groups is 1. The molecule has 5 nitrogen and oxygen atoms in total. The van der Waals surface area contributed by atoms with Crippen LogP contribution in [-0.4, -0.2) is 36.0 Å². The van der Waals surface area contributed by atoms with Crippen molar-refractivity contribution in [2.75, 3.05) is 13.2 Å². The summed E-state index contributed by atoms with van der Waals surface area (Å²) in [6, 6.07) is 3.95. The number of benzene rings is 1. The third kappa shape index (κ3) is 6.14. The SMILES string of the molecule is CCCOP(=O)(O)OCCc1ccc(C(=O)C(F)(F)C(F)(F)F)cc1. The van der Waals surface area contributed by atoms with Crippen molar-refractivity contribution in [2.45, 2.75) is 31.9 Å². The Bertz CT molecular complexity index is 629. The third-order valence-electron chi connectivity index (χ3n) is 2.96. The summed E-state index contributed by atoms with van der Waals surface area (Å²) in [5, 5.41) is 0. The van der Waals surface area contributed by atoms with Gasteiger partial charge in [-0.15, -0.1) is 0 Å². The second-order valence-electron chi connectivity index (χ2n) is 4.98. The van der Waals surface area contributed by atoms with Gasteiger partial charge in [-0.25, -0.2) is 4.57 Å². The Labute approximate surface area is 140 Å². The van der Waals surface area contributed by atoms with Gasteiger partial charge in [0, 0.05) is 5.56 Å². The highest BCUT2D eigenvalue weighted by atomic mass is 31.2. The summed E-state index contributed by atoms with van der Waals surface area (Å²) in [4.78, 5) is 20.6. The van der Waals surface area contributed by atoms with Crippen molar-refractivity contribution in [2.24, 2.45) is 0 Å². The fraction of sp³-hybridized carbons (Fsp3) is 0.500. The highest BCUT2D eigenvalue weighted by molar-refractivity contribution is 7.47. The van der Waals surface area contributed by atoms with E-state index in [2.05, 4.69) is 9.05 Å². The lowest BCUT2D eigenvalue weighted by atomic mass is 10.0. The molecule has 142 valence electrons. The summed E-state index contributed by atoms with van der Waals surface area (Å²) < 4.78 is 83.1. The van der Waals surface area contributed by atoms with Crippen molar-refractivity contribution in [3.63, 3.8) is 0 Å². The van der Waals surface area contributed by atoms with E-state index in [1.165, 1.54) is 0 Å². The summed E-state index contributed by atoms with van der Waals surface area (Å²) in [6.07, 6.45) is -5.41. The van der Waals surface area contributed by atoms with Crippen molar-refractivity contribution in [1.82, 2.24) is 0 Å². The number of alkyl halides is 5. The van der Waals surface area contributed by atoms with Crippen LogP contribution >= 0.6 is 7.82 Å². The second kappa shape index (κ2) is 8.35. The standard InChI is InChI=1S/C14H16F5O5P/c1-2-8-23-25(21,22)24-9-7-10-3-5-11(6-4-10)12(20)13(15,16)14(17,18)19/h3-6H,2,7-9H2,1H3,(H,21,22). The first-order valence-electron chi connectivity index (χ1n) is 7.11. The molecule has 0 amide bonds. The highest BCUT2D eigenvalue weighted by Crippen LogP contribution is 2.43. The van der Waals surface area contributed by atoms with Crippen LogP contribution < -0.4 is 0 Å². The Morgan fingerprint density at radius 1 is 1.08 bits per heavy atom. The van der Waals surface area contributed by atoms with Crippen LogP contribution in [0.2, 0.25) is 0 Å². The number of hydrogen-bond donors (Lipinski definition) is 1.